The van der Waals surface area contributed by atoms with Crippen LogP contribution in [0.25, 0.3) is 0 Å². The Kier molecular flexibility index (Phi) is 4.60. The van der Waals surface area contributed by atoms with E-state index in [9.17, 15) is 0 Å². The van der Waals surface area contributed by atoms with Gasteiger partial charge in [0.2, 0.25) is 5.96 Å². The Balaban J connectivity index is 1.44. The Hall–Kier alpha value is -3.03. The van der Waals surface area contributed by atoms with Crippen molar-refractivity contribution in [2.75, 3.05) is 15.5 Å². The molecule has 0 saturated carbocycles. The highest BCUT2D eigenvalue weighted by Crippen LogP contribution is 2.46. The molecule has 138 valence electrons. The molecule has 28 heavy (non-hydrogen) atoms. The van der Waals surface area contributed by atoms with Crippen LogP contribution in [0, 0.1) is 0 Å². The molecule has 3 aromatic carbocycles. The molecule has 1 atom stereocenters. The molecule has 0 bridgehead atoms. The van der Waals surface area contributed by atoms with E-state index >= 15 is 0 Å². The second-order valence-corrected chi connectivity index (χ2v) is 9.15. The summed E-state index contributed by atoms with van der Waals surface area (Å²) >= 11 is 0. The number of benzene rings is 3. The summed E-state index contributed by atoms with van der Waals surface area (Å²) in [6, 6.07) is 30.4. The molecule has 5 nitrogen and oxygen atoms in total. The number of nitrogens with one attached hydrogen (secondary N) is 2. The average molecular weight is 404 g/mol. The Bertz CT molecular complexity index is 1080. The molecular formula is C21H17N5S2. The summed E-state index contributed by atoms with van der Waals surface area (Å²) in [7, 11) is 1.26. The third-order valence-electron chi connectivity index (χ3n) is 4.15. The van der Waals surface area contributed by atoms with Gasteiger partial charge in [-0.3, -0.25) is 4.90 Å². The fourth-order valence-electron chi connectivity index (χ4n) is 2.89. The zero-order chi connectivity index (χ0) is 18.8. The lowest BCUT2D eigenvalue weighted by atomic mass is 10.3. The number of anilines is 3. The number of amidine groups is 1. The van der Waals surface area contributed by atoms with Gasteiger partial charge in [-0.05, 0) is 36.4 Å². The molecule has 0 amide bonds. The number of guanidine groups is 1. The van der Waals surface area contributed by atoms with Crippen LogP contribution in [0.15, 0.2) is 100 Å². The fourth-order valence-corrected chi connectivity index (χ4v) is 5.94. The van der Waals surface area contributed by atoms with E-state index in [4.69, 9.17) is 9.39 Å². The summed E-state index contributed by atoms with van der Waals surface area (Å²) in [5.74, 6) is 0.797. The first-order valence-corrected chi connectivity index (χ1v) is 11.3. The van der Waals surface area contributed by atoms with Gasteiger partial charge in [0.15, 0.2) is 10.3 Å². The molecule has 5 rings (SSSR count). The first kappa shape index (κ1) is 17.1. The molecule has 7 heteroatoms. The van der Waals surface area contributed by atoms with Gasteiger partial charge in [0.25, 0.3) is 0 Å². The van der Waals surface area contributed by atoms with Gasteiger partial charge in [0.1, 0.15) is 0 Å². The van der Waals surface area contributed by atoms with E-state index < -0.39 is 0 Å². The molecular weight excluding hydrogens is 386 g/mol. The molecule has 2 aliphatic rings. The van der Waals surface area contributed by atoms with Crippen LogP contribution < -0.4 is 15.5 Å². The van der Waals surface area contributed by atoms with Crippen LogP contribution in [0.4, 0.5) is 17.1 Å². The molecule has 2 aliphatic heterocycles. The normalized spacial score (nSPS) is 17.8. The largest absolute Gasteiger partial charge is 0.334 e. The first-order valence-electron chi connectivity index (χ1n) is 8.83. The minimum atomic E-state index is -0.387. The highest BCUT2D eigenvalue weighted by Gasteiger charge is 2.33. The summed E-state index contributed by atoms with van der Waals surface area (Å²) in [6.07, 6.45) is 0. The number of rotatable bonds is 3. The lowest BCUT2D eigenvalue weighted by Crippen LogP contribution is -2.37. The van der Waals surface area contributed by atoms with E-state index in [0.29, 0.717) is 0 Å². The van der Waals surface area contributed by atoms with Gasteiger partial charge in [-0.25, -0.2) is 0 Å². The van der Waals surface area contributed by atoms with E-state index in [2.05, 4.69) is 27.7 Å². The van der Waals surface area contributed by atoms with Crippen molar-refractivity contribution in [1.82, 2.24) is 0 Å². The van der Waals surface area contributed by atoms with Gasteiger partial charge in [0, 0.05) is 31.9 Å². The lowest BCUT2D eigenvalue weighted by molar-refractivity contribution is 1.39. The van der Waals surface area contributed by atoms with Crippen LogP contribution in [0.5, 0.6) is 0 Å². The molecule has 0 radical (unpaired) electrons. The predicted octanol–water partition coefficient (Wildman–Crippen LogP) is 5.38. The highest BCUT2D eigenvalue weighted by molar-refractivity contribution is 8.89. The molecule has 0 saturated heterocycles. The number of para-hydroxylation sites is 3. The third kappa shape index (κ3) is 3.42. The minimum absolute atomic E-state index is 0.387. The van der Waals surface area contributed by atoms with E-state index in [-0.39, 0.29) is 9.70 Å². The molecule has 0 spiro atoms. The van der Waals surface area contributed by atoms with E-state index in [0.717, 1.165) is 33.3 Å². The maximum atomic E-state index is 4.93. The molecule has 2 heterocycles. The Morgan fingerprint density at radius 3 is 1.93 bits per heavy atom. The number of nitrogens with zero attached hydrogens (tertiary/aromatic N) is 3. The number of aliphatic imine (C=N–C) groups is 1. The molecule has 3 aromatic rings. The maximum Gasteiger partial charge on any atom is 0.221 e. The van der Waals surface area contributed by atoms with Crippen molar-refractivity contribution in [3.05, 3.63) is 91.0 Å². The lowest BCUT2D eigenvalue weighted by Gasteiger charge is -2.21. The monoisotopic (exact) mass is 403 g/mol. The van der Waals surface area contributed by atoms with E-state index in [1.807, 2.05) is 78.9 Å². The van der Waals surface area contributed by atoms with Gasteiger partial charge in [-0.2, -0.15) is 9.39 Å². The maximum absolute atomic E-state index is 4.93. The Labute approximate surface area is 169 Å². The standard InChI is InChI=1S/C21H17N5S2/c1-4-10-16(11-5-1)22-19-25-28-21(26(19)18-14-8-3-9-15-18)24-20(27-28)23-17-12-6-2-7-13-17/h1-15H,(H,22,25)(H,23,24). The molecule has 1 unspecified atom stereocenters. The van der Waals surface area contributed by atoms with Gasteiger partial charge >= 0.3 is 0 Å². The zero-order valence-corrected chi connectivity index (χ0v) is 16.5. The van der Waals surface area contributed by atoms with Crippen LogP contribution in [0.1, 0.15) is 0 Å². The molecule has 2 N–H and O–H groups in total. The van der Waals surface area contributed by atoms with Crippen LogP contribution in [0.3, 0.4) is 0 Å². The minimum Gasteiger partial charge on any atom is -0.334 e. The van der Waals surface area contributed by atoms with Crippen molar-refractivity contribution >= 4 is 53.8 Å². The van der Waals surface area contributed by atoms with E-state index in [1.54, 1.807) is 10.8 Å². The summed E-state index contributed by atoms with van der Waals surface area (Å²) < 4.78 is 4.93. The molecule has 0 aliphatic carbocycles. The second-order valence-electron chi connectivity index (χ2n) is 6.10. The quantitative estimate of drug-likeness (QED) is 0.456. The predicted molar refractivity (Wildman–Crippen MR) is 124 cm³/mol. The van der Waals surface area contributed by atoms with Gasteiger partial charge in [0.05, 0.1) is 5.69 Å². The number of hydrogen-bond acceptors (Lipinski definition) is 6. The van der Waals surface area contributed by atoms with Crippen molar-refractivity contribution < 1.29 is 0 Å². The zero-order valence-electron chi connectivity index (χ0n) is 14.8. The first-order chi connectivity index (χ1) is 13.9. The second kappa shape index (κ2) is 7.53. The number of hydrogen-bond donors (Lipinski definition) is 2. The van der Waals surface area contributed by atoms with Crippen molar-refractivity contribution in [2.24, 2.45) is 9.39 Å². The third-order valence-corrected chi connectivity index (χ3v) is 7.21. The van der Waals surface area contributed by atoms with Crippen LogP contribution in [-0.2, 0) is 0 Å². The smallest absolute Gasteiger partial charge is 0.221 e. The van der Waals surface area contributed by atoms with Crippen LogP contribution >= 0.6 is 20.5 Å². The van der Waals surface area contributed by atoms with Crippen molar-refractivity contribution in [3.63, 3.8) is 0 Å². The average Bonchev–Trinajstić information content (AvgIpc) is 3.26. The topological polar surface area (TPSA) is 52.0 Å². The van der Waals surface area contributed by atoms with Crippen LogP contribution in [0.2, 0.25) is 0 Å². The molecule has 0 fully saturated rings. The Morgan fingerprint density at radius 1 is 0.714 bits per heavy atom. The van der Waals surface area contributed by atoms with Crippen molar-refractivity contribution in [1.29, 1.82) is 0 Å². The highest BCUT2D eigenvalue weighted by atomic mass is 33.1. The van der Waals surface area contributed by atoms with Crippen molar-refractivity contribution in [3.8, 4) is 0 Å². The SMILES string of the molecule is c1ccc(NC2=NC3=S(N=C(Nc4ccccc4)N3c3ccccc3)S2)cc1. The summed E-state index contributed by atoms with van der Waals surface area (Å²) in [5, 5.41) is 8.64. The Morgan fingerprint density at radius 2 is 1.29 bits per heavy atom. The molecule has 0 aromatic heterocycles. The van der Waals surface area contributed by atoms with Crippen molar-refractivity contribution in [2.45, 2.75) is 0 Å². The van der Waals surface area contributed by atoms with E-state index in [1.165, 1.54) is 0 Å². The van der Waals surface area contributed by atoms with Crippen LogP contribution in [-0.4, -0.2) is 16.2 Å². The summed E-state index contributed by atoms with van der Waals surface area (Å²) in [4.78, 5) is 6.96. The summed E-state index contributed by atoms with van der Waals surface area (Å²) in [5.41, 5.74) is 3.07. The van der Waals surface area contributed by atoms with Gasteiger partial charge < -0.3 is 10.6 Å². The fraction of sp³-hybridized carbons (Fsp3) is 0. The summed E-state index contributed by atoms with van der Waals surface area (Å²) in [6.45, 7) is 0. The van der Waals surface area contributed by atoms with Gasteiger partial charge in [-0.1, -0.05) is 54.6 Å². The van der Waals surface area contributed by atoms with Gasteiger partial charge in [-0.15, -0.1) is 0 Å².